The van der Waals surface area contributed by atoms with Crippen molar-refractivity contribution in [3.05, 3.63) is 0 Å². The van der Waals surface area contributed by atoms with Gasteiger partial charge in [-0.3, -0.25) is 0 Å². The molecule has 3 heteroatoms. The first-order valence-corrected chi connectivity index (χ1v) is 3.75. The van der Waals surface area contributed by atoms with Crippen LogP contribution in [0.15, 0.2) is 0 Å². The van der Waals surface area contributed by atoms with Crippen molar-refractivity contribution in [3.63, 3.8) is 0 Å². The summed E-state index contributed by atoms with van der Waals surface area (Å²) in [7, 11) is 5.70. The molecule has 0 amide bonds. The predicted octanol–water partition coefficient (Wildman–Crippen LogP) is -0.293. The smallest absolute Gasteiger partial charge is 0.0704 e. The fraction of sp³-hybridized carbons (Fsp3) is 1.00. The first-order valence-electron chi connectivity index (χ1n) is 3.75. The number of hydrogen-bond donors (Lipinski definition) is 2. The predicted molar refractivity (Wildman–Crippen MR) is 37.8 cm³/mol. The Bertz CT molecular complexity index is 158. The van der Waals surface area contributed by atoms with Gasteiger partial charge < -0.3 is 10.2 Å². The van der Waals surface area contributed by atoms with Crippen LogP contribution in [0.3, 0.4) is 0 Å². The Kier molecular flexibility index (Phi) is 1.18. The fourth-order valence-electron chi connectivity index (χ4n) is 2.26. The van der Waals surface area contributed by atoms with E-state index in [9.17, 15) is 5.11 Å². The van der Waals surface area contributed by atoms with E-state index in [1.54, 1.807) is 0 Å². The molecule has 2 nitrogen and oxygen atoms in total. The van der Waals surface area contributed by atoms with Gasteiger partial charge in [-0.2, -0.15) is 0 Å². The van der Waals surface area contributed by atoms with Crippen molar-refractivity contribution in [1.82, 2.24) is 0 Å². The van der Waals surface area contributed by atoms with Gasteiger partial charge in [0.25, 0.3) is 0 Å². The zero-order chi connectivity index (χ0) is 7.35. The molecule has 2 N–H and O–H groups in total. The standard InChI is InChI=1S/C7H11BO2/c8-5-1-6(10)7(3-9)2-4(5)7/h4-6,9-10H,1-3H2/t4?,5-,6-,7-/m0/s1. The quantitative estimate of drug-likeness (QED) is 0.488. The van der Waals surface area contributed by atoms with E-state index in [-0.39, 0.29) is 23.9 Å². The third-order valence-electron chi connectivity index (χ3n) is 3.15. The van der Waals surface area contributed by atoms with E-state index >= 15 is 0 Å². The molecule has 0 aromatic heterocycles. The molecule has 2 radical (unpaired) electrons. The van der Waals surface area contributed by atoms with Crippen LogP contribution in [-0.4, -0.2) is 30.8 Å². The van der Waals surface area contributed by atoms with Crippen molar-refractivity contribution in [2.45, 2.75) is 24.8 Å². The van der Waals surface area contributed by atoms with Crippen molar-refractivity contribution < 1.29 is 10.2 Å². The summed E-state index contributed by atoms with van der Waals surface area (Å²) in [6, 6.07) is 0. The summed E-state index contributed by atoms with van der Waals surface area (Å²) in [5, 5.41) is 18.4. The Labute approximate surface area is 61.7 Å². The van der Waals surface area contributed by atoms with E-state index in [2.05, 4.69) is 0 Å². The van der Waals surface area contributed by atoms with E-state index < -0.39 is 0 Å². The Balaban J connectivity index is 2.16. The molecule has 0 aliphatic heterocycles. The lowest BCUT2D eigenvalue weighted by Gasteiger charge is -2.14. The number of fused-ring (bicyclic) bond motifs is 1. The minimum Gasteiger partial charge on any atom is -0.396 e. The maximum absolute atomic E-state index is 9.42. The van der Waals surface area contributed by atoms with Crippen molar-refractivity contribution in [3.8, 4) is 0 Å². The lowest BCUT2D eigenvalue weighted by atomic mass is 9.83. The molecule has 4 atom stereocenters. The normalized spacial score (nSPS) is 58.4. The van der Waals surface area contributed by atoms with E-state index in [0.717, 1.165) is 6.42 Å². The Morgan fingerprint density at radius 3 is 2.50 bits per heavy atom. The molecule has 2 rings (SSSR count). The maximum atomic E-state index is 9.42. The van der Waals surface area contributed by atoms with Gasteiger partial charge in [0.05, 0.1) is 20.6 Å². The summed E-state index contributed by atoms with van der Waals surface area (Å²) in [6.45, 7) is 0.104. The van der Waals surface area contributed by atoms with Gasteiger partial charge in [0.2, 0.25) is 0 Å². The maximum Gasteiger partial charge on any atom is 0.0704 e. The van der Waals surface area contributed by atoms with E-state index in [0.29, 0.717) is 12.3 Å². The van der Waals surface area contributed by atoms with Crippen molar-refractivity contribution >= 4 is 7.85 Å². The van der Waals surface area contributed by atoms with Gasteiger partial charge in [0.15, 0.2) is 0 Å². The number of aliphatic hydroxyl groups excluding tert-OH is 2. The molecule has 2 fully saturated rings. The Morgan fingerprint density at radius 2 is 2.30 bits per heavy atom. The lowest BCUT2D eigenvalue weighted by Crippen LogP contribution is -2.22. The molecule has 0 saturated heterocycles. The lowest BCUT2D eigenvalue weighted by molar-refractivity contribution is 0.0612. The largest absolute Gasteiger partial charge is 0.396 e. The van der Waals surface area contributed by atoms with Crippen LogP contribution in [0.2, 0.25) is 5.82 Å². The highest BCUT2D eigenvalue weighted by Crippen LogP contribution is 2.67. The Hall–Kier alpha value is -0.0151. The summed E-state index contributed by atoms with van der Waals surface area (Å²) in [4.78, 5) is 0. The van der Waals surface area contributed by atoms with Crippen LogP contribution in [0.5, 0.6) is 0 Å². The molecule has 0 spiro atoms. The van der Waals surface area contributed by atoms with Gasteiger partial charge in [0, 0.05) is 5.41 Å². The minimum absolute atomic E-state index is 0.104. The molecule has 0 aromatic rings. The van der Waals surface area contributed by atoms with Gasteiger partial charge in [-0.25, -0.2) is 0 Å². The van der Waals surface area contributed by atoms with Crippen molar-refractivity contribution in [2.75, 3.05) is 6.61 Å². The summed E-state index contributed by atoms with van der Waals surface area (Å²) in [5.41, 5.74) is -0.181. The summed E-state index contributed by atoms with van der Waals surface area (Å²) < 4.78 is 0. The zero-order valence-corrected chi connectivity index (χ0v) is 5.83. The average Bonchev–Trinajstić information content (AvgIpc) is 2.57. The molecule has 1 unspecified atom stereocenters. The molecular formula is C7H11BO2. The highest BCUT2D eigenvalue weighted by atomic mass is 16.3. The van der Waals surface area contributed by atoms with Crippen LogP contribution in [0.4, 0.5) is 0 Å². The van der Waals surface area contributed by atoms with Crippen LogP contribution >= 0.6 is 0 Å². The fourth-order valence-corrected chi connectivity index (χ4v) is 2.26. The molecule has 2 aliphatic carbocycles. The first kappa shape index (κ1) is 6.68. The molecule has 0 heterocycles. The van der Waals surface area contributed by atoms with Gasteiger partial charge >= 0.3 is 0 Å². The number of aliphatic hydroxyl groups is 2. The second-order valence-corrected chi connectivity index (χ2v) is 3.62. The number of hydrogen-bond acceptors (Lipinski definition) is 2. The van der Waals surface area contributed by atoms with Crippen LogP contribution < -0.4 is 0 Å². The van der Waals surface area contributed by atoms with E-state index in [1.165, 1.54) is 0 Å². The molecule has 54 valence electrons. The zero-order valence-electron chi connectivity index (χ0n) is 5.83. The second kappa shape index (κ2) is 1.77. The average molecular weight is 138 g/mol. The van der Waals surface area contributed by atoms with Crippen molar-refractivity contribution in [1.29, 1.82) is 0 Å². The summed E-state index contributed by atoms with van der Waals surface area (Å²) in [5.74, 6) is 0.523. The van der Waals surface area contributed by atoms with Gasteiger partial charge in [-0.15, -0.1) is 0 Å². The molecule has 2 aliphatic rings. The third kappa shape index (κ3) is 0.577. The van der Waals surface area contributed by atoms with Gasteiger partial charge in [-0.1, -0.05) is 5.82 Å². The molecular weight excluding hydrogens is 127 g/mol. The van der Waals surface area contributed by atoms with Crippen molar-refractivity contribution in [2.24, 2.45) is 11.3 Å². The Morgan fingerprint density at radius 1 is 1.60 bits per heavy atom. The molecule has 2 saturated carbocycles. The molecule has 10 heavy (non-hydrogen) atoms. The van der Waals surface area contributed by atoms with Crippen LogP contribution in [0, 0.1) is 11.3 Å². The minimum atomic E-state index is -0.350. The van der Waals surface area contributed by atoms with Crippen LogP contribution in [0.25, 0.3) is 0 Å². The molecule has 0 bridgehead atoms. The monoisotopic (exact) mass is 138 g/mol. The van der Waals surface area contributed by atoms with E-state index in [4.69, 9.17) is 13.0 Å². The highest BCUT2D eigenvalue weighted by molar-refractivity contribution is 6.12. The van der Waals surface area contributed by atoms with Crippen LogP contribution in [-0.2, 0) is 0 Å². The SMILES string of the molecule is [B][C@H]1C[C@H](O)[C@]2(CO)CC12. The summed E-state index contributed by atoms with van der Waals surface area (Å²) in [6.07, 6.45) is 1.24. The van der Waals surface area contributed by atoms with E-state index in [1.807, 2.05) is 0 Å². The first-order chi connectivity index (χ1) is 4.70. The topological polar surface area (TPSA) is 40.5 Å². The van der Waals surface area contributed by atoms with Crippen LogP contribution in [0.1, 0.15) is 12.8 Å². The molecule has 0 aromatic carbocycles. The second-order valence-electron chi connectivity index (χ2n) is 3.62. The third-order valence-corrected chi connectivity index (χ3v) is 3.15. The summed E-state index contributed by atoms with van der Waals surface area (Å²) >= 11 is 0. The highest BCUT2D eigenvalue weighted by Gasteiger charge is 2.64. The van der Waals surface area contributed by atoms with Gasteiger partial charge in [-0.05, 0) is 18.8 Å². The van der Waals surface area contributed by atoms with Gasteiger partial charge in [0.1, 0.15) is 0 Å². The number of rotatable bonds is 1.